The molecule has 0 saturated carbocycles. The predicted molar refractivity (Wildman–Crippen MR) is 129 cm³/mol. The van der Waals surface area contributed by atoms with Crippen molar-refractivity contribution in [2.24, 2.45) is 0 Å². The van der Waals surface area contributed by atoms with Gasteiger partial charge in [-0.1, -0.05) is 12.1 Å². The normalized spacial score (nSPS) is 15.0. The largest absolute Gasteiger partial charge is 0.423 e. The molecule has 3 aromatic heterocycles. The Morgan fingerprint density at radius 1 is 1.21 bits per heavy atom. The molecule has 5 rings (SSSR count). The first-order valence-electron chi connectivity index (χ1n) is 11.4. The Labute approximate surface area is 197 Å². The maximum Gasteiger partial charge on any atom is 0.331 e. The number of oxazole rings is 1. The van der Waals surface area contributed by atoms with Gasteiger partial charge in [0, 0.05) is 42.9 Å². The Kier molecular flexibility index (Phi) is 6.29. The first-order chi connectivity index (χ1) is 16.5. The number of aromatic nitrogens is 4. The molecular weight excluding hydrogens is 432 g/mol. The van der Waals surface area contributed by atoms with Crippen molar-refractivity contribution in [2.45, 2.75) is 32.5 Å². The molecule has 0 spiro atoms. The standard InChI is InChI=1S/C25H28N6O3/c1-17-3-4-18(16-33-20-6-10-30(2)11-7-20)13-21(17)29-24-28-15-22(34-24)19-5-8-26-23(14-19)31-12-9-27-25(31)32/h3-5,8-9,12-15,20H,6-7,10-11,16H2,1-2H3,(H,27,32)(H,28,29). The summed E-state index contributed by atoms with van der Waals surface area (Å²) < 4.78 is 13.5. The zero-order valence-electron chi connectivity index (χ0n) is 19.3. The van der Waals surface area contributed by atoms with E-state index in [9.17, 15) is 4.79 Å². The lowest BCUT2D eigenvalue weighted by Crippen LogP contribution is -2.34. The van der Waals surface area contributed by atoms with Crippen LogP contribution in [0.1, 0.15) is 24.0 Å². The third-order valence-corrected chi connectivity index (χ3v) is 6.13. The molecule has 9 heteroatoms. The third-order valence-electron chi connectivity index (χ3n) is 6.13. The van der Waals surface area contributed by atoms with Crippen molar-refractivity contribution in [3.8, 4) is 17.1 Å². The van der Waals surface area contributed by atoms with Crippen LogP contribution in [0.15, 0.2) is 64.3 Å². The number of imidazole rings is 1. The smallest absolute Gasteiger partial charge is 0.331 e. The highest BCUT2D eigenvalue weighted by atomic mass is 16.5. The minimum Gasteiger partial charge on any atom is -0.423 e. The van der Waals surface area contributed by atoms with Crippen molar-refractivity contribution in [3.63, 3.8) is 0 Å². The molecule has 176 valence electrons. The van der Waals surface area contributed by atoms with Gasteiger partial charge in [0.2, 0.25) is 0 Å². The van der Waals surface area contributed by atoms with E-state index in [-0.39, 0.29) is 5.69 Å². The first-order valence-corrected chi connectivity index (χ1v) is 11.4. The summed E-state index contributed by atoms with van der Waals surface area (Å²) in [6.07, 6.45) is 8.96. The van der Waals surface area contributed by atoms with Crippen LogP contribution in [0, 0.1) is 6.92 Å². The van der Waals surface area contributed by atoms with Crippen molar-refractivity contribution < 1.29 is 9.15 Å². The molecule has 2 N–H and O–H groups in total. The molecule has 4 heterocycles. The first kappa shape index (κ1) is 22.1. The van der Waals surface area contributed by atoms with Gasteiger partial charge < -0.3 is 24.4 Å². The summed E-state index contributed by atoms with van der Waals surface area (Å²) in [5, 5.41) is 3.28. The Hall–Kier alpha value is -3.69. The molecule has 0 bridgehead atoms. The van der Waals surface area contributed by atoms with Gasteiger partial charge in [0.1, 0.15) is 5.82 Å². The highest BCUT2D eigenvalue weighted by molar-refractivity contribution is 5.62. The number of likely N-dealkylation sites (tertiary alicyclic amines) is 1. The number of nitrogens with zero attached hydrogens (tertiary/aromatic N) is 4. The number of piperidine rings is 1. The molecule has 1 aliphatic rings. The van der Waals surface area contributed by atoms with E-state index in [0.717, 1.165) is 48.3 Å². The number of hydrogen-bond donors (Lipinski definition) is 2. The summed E-state index contributed by atoms with van der Waals surface area (Å²) in [5.41, 5.74) is 3.64. The summed E-state index contributed by atoms with van der Waals surface area (Å²) in [5.74, 6) is 1.08. The van der Waals surface area contributed by atoms with Gasteiger partial charge in [0.15, 0.2) is 5.76 Å². The van der Waals surface area contributed by atoms with Gasteiger partial charge in [0.25, 0.3) is 6.01 Å². The van der Waals surface area contributed by atoms with Crippen LogP contribution in [0.3, 0.4) is 0 Å². The molecule has 1 aromatic carbocycles. The van der Waals surface area contributed by atoms with Crippen molar-refractivity contribution in [1.82, 2.24) is 24.4 Å². The fourth-order valence-electron chi connectivity index (χ4n) is 4.04. The molecule has 1 fully saturated rings. The zero-order chi connectivity index (χ0) is 23.5. The van der Waals surface area contributed by atoms with Gasteiger partial charge >= 0.3 is 5.69 Å². The number of rotatable bonds is 7. The Bertz CT molecular complexity index is 1320. The quantitative estimate of drug-likeness (QED) is 0.432. The van der Waals surface area contributed by atoms with Crippen molar-refractivity contribution >= 4 is 11.7 Å². The molecule has 1 saturated heterocycles. The van der Waals surface area contributed by atoms with Crippen LogP contribution in [0.5, 0.6) is 0 Å². The molecule has 0 atom stereocenters. The molecule has 0 amide bonds. The maximum atomic E-state index is 11.9. The van der Waals surface area contributed by atoms with E-state index >= 15 is 0 Å². The summed E-state index contributed by atoms with van der Waals surface area (Å²) in [6, 6.07) is 10.2. The number of hydrogen-bond acceptors (Lipinski definition) is 7. The van der Waals surface area contributed by atoms with Gasteiger partial charge in [-0.3, -0.25) is 4.57 Å². The van der Waals surface area contributed by atoms with E-state index in [2.05, 4.69) is 50.4 Å². The Morgan fingerprint density at radius 3 is 2.85 bits per heavy atom. The topological polar surface area (TPSA) is 101 Å². The highest BCUT2D eigenvalue weighted by Gasteiger charge is 2.17. The molecule has 34 heavy (non-hydrogen) atoms. The fraction of sp³-hybridized carbons (Fsp3) is 0.320. The van der Waals surface area contributed by atoms with Crippen molar-refractivity contribution in [1.29, 1.82) is 0 Å². The molecule has 0 aliphatic carbocycles. The van der Waals surface area contributed by atoms with Gasteiger partial charge in [0.05, 0.1) is 18.9 Å². The van der Waals surface area contributed by atoms with E-state index in [1.807, 2.05) is 13.0 Å². The molecule has 9 nitrogen and oxygen atoms in total. The number of benzene rings is 1. The second-order valence-corrected chi connectivity index (χ2v) is 8.66. The fourth-order valence-corrected chi connectivity index (χ4v) is 4.04. The summed E-state index contributed by atoms with van der Waals surface area (Å²) in [4.78, 5) is 25.5. The van der Waals surface area contributed by atoms with Crippen LogP contribution in [0.4, 0.5) is 11.7 Å². The lowest BCUT2D eigenvalue weighted by atomic mass is 10.1. The highest BCUT2D eigenvalue weighted by Crippen LogP contribution is 2.27. The van der Waals surface area contributed by atoms with E-state index < -0.39 is 0 Å². The van der Waals surface area contributed by atoms with Crippen LogP contribution in [-0.4, -0.2) is 50.7 Å². The molecule has 0 unspecified atom stereocenters. The van der Waals surface area contributed by atoms with Crippen LogP contribution in [0.2, 0.25) is 0 Å². The SMILES string of the molecule is Cc1ccc(COC2CCN(C)CC2)cc1Nc1ncc(-c2ccnc(-n3cc[nH]c3=O)c2)o1. The van der Waals surface area contributed by atoms with Crippen LogP contribution in [-0.2, 0) is 11.3 Å². The van der Waals surface area contributed by atoms with Crippen LogP contribution in [0.25, 0.3) is 17.1 Å². The molecule has 0 radical (unpaired) electrons. The molecular formula is C25H28N6O3. The van der Waals surface area contributed by atoms with Crippen LogP contribution < -0.4 is 11.0 Å². The van der Waals surface area contributed by atoms with Gasteiger partial charge in [-0.2, -0.15) is 0 Å². The van der Waals surface area contributed by atoms with Gasteiger partial charge in [-0.15, -0.1) is 0 Å². The van der Waals surface area contributed by atoms with E-state index in [1.165, 1.54) is 4.57 Å². The molecule has 4 aromatic rings. The predicted octanol–water partition coefficient (Wildman–Crippen LogP) is 3.88. The lowest BCUT2D eigenvalue weighted by Gasteiger charge is -2.29. The number of nitrogens with one attached hydrogen (secondary N) is 2. The van der Waals surface area contributed by atoms with Crippen molar-refractivity contribution in [2.75, 3.05) is 25.5 Å². The number of anilines is 2. The van der Waals surface area contributed by atoms with Gasteiger partial charge in [-0.05, 0) is 56.1 Å². The summed E-state index contributed by atoms with van der Waals surface area (Å²) in [7, 11) is 2.15. The minimum absolute atomic E-state index is 0.250. The number of H-pyrrole nitrogens is 1. The lowest BCUT2D eigenvalue weighted by molar-refractivity contribution is 0.00215. The average molecular weight is 461 g/mol. The second-order valence-electron chi connectivity index (χ2n) is 8.66. The van der Waals surface area contributed by atoms with E-state index in [4.69, 9.17) is 9.15 Å². The number of aromatic amines is 1. The van der Waals surface area contributed by atoms with E-state index in [0.29, 0.717) is 30.3 Å². The third kappa shape index (κ3) is 4.95. The minimum atomic E-state index is -0.250. The number of ether oxygens (including phenoxy) is 1. The zero-order valence-corrected chi connectivity index (χ0v) is 19.3. The maximum absolute atomic E-state index is 11.9. The second kappa shape index (κ2) is 9.66. The average Bonchev–Trinajstić information content (AvgIpc) is 3.50. The van der Waals surface area contributed by atoms with E-state index in [1.54, 1.807) is 30.9 Å². The Morgan fingerprint density at radius 2 is 2.06 bits per heavy atom. The number of aryl methyl sites for hydroxylation is 1. The Balaban J connectivity index is 1.28. The number of pyridine rings is 1. The van der Waals surface area contributed by atoms with Crippen molar-refractivity contribution in [3.05, 3.63) is 76.7 Å². The summed E-state index contributed by atoms with van der Waals surface area (Å²) >= 11 is 0. The van der Waals surface area contributed by atoms with Gasteiger partial charge in [-0.25, -0.2) is 14.8 Å². The summed E-state index contributed by atoms with van der Waals surface area (Å²) in [6.45, 7) is 4.79. The molecule has 1 aliphatic heterocycles. The monoisotopic (exact) mass is 460 g/mol. The van der Waals surface area contributed by atoms with Crippen LogP contribution >= 0.6 is 0 Å².